The Kier molecular flexibility index (Phi) is 6.77. The van der Waals surface area contributed by atoms with Gasteiger partial charge in [-0.3, -0.25) is 14.4 Å². The number of halogens is 1. The normalized spacial score (nSPS) is 17.1. The van der Waals surface area contributed by atoms with Crippen molar-refractivity contribution in [3.05, 3.63) is 59.9 Å². The van der Waals surface area contributed by atoms with E-state index in [1.807, 2.05) is 37.4 Å². The van der Waals surface area contributed by atoms with Gasteiger partial charge < -0.3 is 20.5 Å². The number of pyridine rings is 1. The van der Waals surface area contributed by atoms with Crippen LogP contribution >= 0.6 is 0 Å². The van der Waals surface area contributed by atoms with Crippen molar-refractivity contribution in [3.8, 4) is 11.3 Å². The van der Waals surface area contributed by atoms with E-state index in [4.69, 9.17) is 0 Å². The van der Waals surface area contributed by atoms with Crippen LogP contribution in [0.5, 0.6) is 0 Å². The number of rotatable bonds is 8. The molecule has 2 heterocycles. The highest BCUT2D eigenvalue weighted by molar-refractivity contribution is 6.09. The molecule has 5 rings (SSSR count). The number of aromatic amines is 1. The van der Waals surface area contributed by atoms with Crippen LogP contribution in [0, 0.1) is 11.8 Å². The van der Waals surface area contributed by atoms with Gasteiger partial charge in [-0.2, -0.15) is 0 Å². The summed E-state index contributed by atoms with van der Waals surface area (Å²) in [5.74, 6) is -0.574. The molecule has 0 bridgehead atoms. The van der Waals surface area contributed by atoms with E-state index in [0.717, 1.165) is 25.1 Å². The fourth-order valence-electron chi connectivity index (χ4n) is 4.85. The van der Waals surface area contributed by atoms with Crippen LogP contribution in [0.4, 0.5) is 21.6 Å². The highest BCUT2D eigenvalue weighted by Gasteiger charge is 2.37. The zero-order chi connectivity index (χ0) is 27.0. The number of fused-ring (bicyclic) bond motifs is 1. The molecular weight excluding hydrogens is 485 g/mol. The summed E-state index contributed by atoms with van der Waals surface area (Å²) in [6.45, 7) is 3.09. The van der Waals surface area contributed by atoms with Crippen molar-refractivity contribution in [2.75, 3.05) is 24.2 Å². The zero-order valence-electron chi connectivity index (χ0n) is 21.8. The number of ketones is 1. The molecule has 38 heavy (non-hydrogen) atoms. The standard InChI is InChI=1S/C29H32FN5O3/c1-29(2,30)28(38)34-23-15-18(11-12-31-23)25-26(32-20-7-5-4-6-8-20)24-21(33-25)13-19(14-22(24)36)27(37)35(3)16-17-9-10-17/h4-8,11-12,15,17,19,32-33H,9-10,13-14,16H2,1-3H3,(H,31,34,38). The lowest BCUT2D eigenvalue weighted by Crippen LogP contribution is -2.38. The van der Waals surface area contributed by atoms with Gasteiger partial charge in [-0.25, -0.2) is 9.37 Å². The minimum atomic E-state index is -2.07. The second-order valence-electron chi connectivity index (χ2n) is 10.8. The first kappa shape index (κ1) is 25.6. The Hall–Kier alpha value is -4.01. The molecule has 1 unspecified atom stereocenters. The average molecular weight is 518 g/mol. The molecule has 8 nitrogen and oxygen atoms in total. The lowest BCUT2D eigenvalue weighted by Gasteiger charge is -2.26. The third-order valence-corrected chi connectivity index (χ3v) is 7.07. The van der Waals surface area contributed by atoms with Gasteiger partial charge in [-0.1, -0.05) is 18.2 Å². The number of Topliss-reactive ketones (excluding diaryl/α,β-unsaturated/α-hetero) is 1. The molecule has 2 aliphatic carbocycles. The van der Waals surface area contributed by atoms with Crippen LogP contribution in [0.2, 0.25) is 0 Å². The highest BCUT2D eigenvalue weighted by Crippen LogP contribution is 2.41. The number of aromatic nitrogens is 2. The number of alkyl halides is 1. The van der Waals surface area contributed by atoms with Gasteiger partial charge in [-0.15, -0.1) is 0 Å². The SMILES string of the molecule is CN(CC1CC1)C(=O)C1CC(=O)c2c([nH]c(-c3ccnc(NC(=O)C(C)(C)F)c3)c2Nc2ccccc2)C1. The second-order valence-corrected chi connectivity index (χ2v) is 10.8. The molecule has 0 saturated heterocycles. The van der Waals surface area contributed by atoms with E-state index in [0.29, 0.717) is 40.5 Å². The predicted octanol–water partition coefficient (Wildman–Crippen LogP) is 5.12. The van der Waals surface area contributed by atoms with Crippen LogP contribution in [-0.4, -0.2) is 51.7 Å². The first-order chi connectivity index (χ1) is 18.1. The van der Waals surface area contributed by atoms with Crippen molar-refractivity contribution in [1.82, 2.24) is 14.9 Å². The molecule has 1 atom stereocenters. The first-order valence-electron chi connectivity index (χ1n) is 12.9. The van der Waals surface area contributed by atoms with Crippen molar-refractivity contribution in [1.29, 1.82) is 0 Å². The number of nitrogens with one attached hydrogen (secondary N) is 3. The van der Waals surface area contributed by atoms with E-state index in [1.165, 1.54) is 20.0 Å². The summed E-state index contributed by atoms with van der Waals surface area (Å²) in [6.07, 6.45) is 4.38. The number of carbonyl (C=O) groups excluding carboxylic acids is 3. The minimum Gasteiger partial charge on any atom is -0.356 e. The minimum absolute atomic E-state index is 0.00707. The Bertz CT molecular complexity index is 1370. The summed E-state index contributed by atoms with van der Waals surface area (Å²) in [7, 11) is 1.81. The summed E-state index contributed by atoms with van der Waals surface area (Å²) < 4.78 is 14.1. The Morgan fingerprint density at radius 1 is 1.16 bits per heavy atom. The Balaban J connectivity index is 1.50. The number of amides is 2. The summed E-state index contributed by atoms with van der Waals surface area (Å²) in [5, 5.41) is 5.89. The van der Waals surface area contributed by atoms with E-state index < -0.39 is 17.5 Å². The molecule has 198 valence electrons. The number of para-hydroxylation sites is 1. The van der Waals surface area contributed by atoms with Crippen molar-refractivity contribution in [2.45, 2.75) is 45.2 Å². The largest absolute Gasteiger partial charge is 0.356 e. The van der Waals surface area contributed by atoms with E-state index >= 15 is 0 Å². The molecule has 2 aromatic heterocycles. The summed E-state index contributed by atoms with van der Waals surface area (Å²) in [6, 6.07) is 12.9. The van der Waals surface area contributed by atoms with E-state index in [1.54, 1.807) is 17.0 Å². The molecule has 2 amide bonds. The molecule has 1 aromatic carbocycles. The van der Waals surface area contributed by atoms with Gasteiger partial charge >= 0.3 is 0 Å². The Morgan fingerprint density at radius 2 is 1.89 bits per heavy atom. The van der Waals surface area contributed by atoms with E-state index in [-0.39, 0.29) is 23.9 Å². The monoisotopic (exact) mass is 517 g/mol. The molecule has 9 heteroatoms. The molecule has 1 fully saturated rings. The Morgan fingerprint density at radius 3 is 2.58 bits per heavy atom. The lowest BCUT2D eigenvalue weighted by molar-refractivity contribution is -0.134. The maximum absolute atomic E-state index is 14.1. The van der Waals surface area contributed by atoms with Gasteiger partial charge in [-0.05, 0) is 56.9 Å². The maximum Gasteiger partial charge on any atom is 0.262 e. The predicted molar refractivity (Wildman–Crippen MR) is 144 cm³/mol. The van der Waals surface area contributed by atoms with Gasteiger partial charge in [0.2, 0.25) is 5.91 Å². The average Bonchev–Trinajstić information content (AvgIpc) is 3.62. The van der Waals surface area contributed by atoms with Gasteiger partial charge in [0.05, 0.1) is 22.9 Å². The van der Waals surface area contributed by atoms with Crippen molar-refractivity contribution in [2.24, 2.45) is 11.8 Å². The Labute approximate surface area is 221 Å². The highest BCUT2D eigenvalue weighted by atomic mass is 19.1. The topological polar surface area (TPSA) is 107 Å². The fraction of sp³-hybridized carbons (Fsp3) is 0.379. The van der Waals surface area contributed by atoms with Crippen LogP contribution in [0.15, 0.2) is 48.7 Å². The molecule has 0 radical (unpaired) electrons. The molecule has 3 aromatic rings. The maximum atomic E-state index is 14.1. The van der Waals surface area contributed by atoms with Gasteiger partial charge in [0.25, 0.3) is 5.91 Å². The van der Waals surface area contributed by atoms with E-state index in [9.17, 15) is 18.8 Å². The van der Waals surface area contributed by atoms with Crippen LogP contribution in [0.3, 0.4) is 0 Å². The molecule has 0 spiro atoms. The first-order valence-corrected chi connectivity index (χ1v) is 12.9. The zero-order valence-corrected chi connectivity index (χ0v) is 21.8. The third-order valence-electron chi connectivity index (χ3n) is 7.07. The molecule has 1 saturated carbocycles. The van der Waals surface area contributed by atoms with Crippen LogP contribution in [0.1, 0.15) is 49.2 Å². The fourth-order valence-corrected chi connectivity index (χ4v) is 4.85. The molecular formula is C29H32FN5O3. The van der Waals surface area contributed by atoms with Crippen LogP contribution in [0.25, 0.3) is 11.3 Å². The smallest absolute Gasteiger partial charge is 0.262 e. The third kappa shape index (κ3) is 5.46. The number of benzene rings is 1. The molecule has 3 N–H and O–H groups in total. The summed E-state index contributed by atoms with van der Waals surface area (Å²) in [4.78, 5) is 48.2. The number of anilines is 3. The number of H-pyrrole nitrogens is 1. The van der Waals surface area contributed by atoms with Gasteiger partial charge in [0, 0.05) is 49.6 Å². The number of hydrogen-bond donors (Lipinski definition) is 3. The van der Waals surface area contributed by atoms with Crippen molar-refractivity contribution >= 4 is 34.8 Å². The quantitative estimate of drug-likeness (QED) is 0.385. The van der Waals surface area contributed by atoms with Gasteiger partial charge in [0.1, 0.15) is 5.82 Å². The number of carbonyl (C=O) groups is 3. The van der Waals surface area contributed by atoms with Gasteiger partial charge in [0.15, 0.2) is 11.5 Å². The summed E-state index contributed by atoms with van der Waals surface area (Å²) in [5.41, 5.74) is 1.84. The van der Waals surface area contributed by atoms with Crippen LogP contribution in [-0.2, 0) is 16.0 Å². The summed E-state index contributed by atoms with van der Waals surface area (Å²) >= 11 is 0. The van der Waals surface area contributed by atoms with Crippen LogP contribution < -0.4 is 10.6 Å². The second kappa shape index (κ2) is 10.0. The molecule has 2 aliphatic rings. The molecule has 0 aliphatic heterocycles. The number of nitrogens with zero attached hydrogens (tertiary/aromatic N) is 2. The lowest BCUT2D eigenvalue weighted by atomic mass is 9.85. The van der Waals surface area contributed by atoms with Crippen molar-refractivity contribution in [3.63, 3.8) is 0 Å². The van der Waals surface area contributed by atoms with E-state index in [2.05, 4.69) is 20.6 Å². The number of hydrogen-bond acceptors (Lipinski definition) is 5. The van der Waals surface area contributed by atoms with Crippen molar-refractivity contribution < 1.29 is 18.8 Å².